The van der Waals surface area contributed by atoms with Crippen molar-refractivity contribution in [3.63, 3.8) is 0 Å². The van der Waals surface area contributed by atoms with E-state index in [9.17, 15) is 0 Å². The van der Waals surface area contributed by atoms with E-state index in [0.29, 0.717) is 0 Å². The third-order valence-corrected chi connectivity index (χ3v) is 0. The van der Waals surface area contributed by atoms with Crippen molar-refractivity contribution in [2.24, 2.45) is 0 Å². The predicted molar refractivity (Wildman–Crippen MR) is 23.8 cm³/mol. The van der Waals surface area contributed by atoms with E-state index in [1.807, 2.05) is 0 Å². The van der Waals surface area contributed by atoms with Crippen molar-refractivity contribution in [2.75, 3.05) is 0 Å². The Hall–Kier alpha value is 0.319. The second kappa shape index (κ2) is 972. The van der Waals surface area contributed by atoms with Crippen molar-refractivity contribution in [3.05, 3.63) is 0 Å². The van der Waals surface area contributed by atoms with Crippen molar-refractivity contribution in [2.45, 2.75) is 0 Å². The van der Waals surface area contributed by atoms with Gasteiger partial charge in [0.05, 0.1) is 0 Å². The minimum atomic E-state index is 0. The van der Waals surface area contributed by atoms with Crippen LogP contribution in [0.15, 0.2) is 0 Å². The molecule has 0 fully saturated rings. The molecule has 46 valence electrons. The molecule has 6 heavy (non-hydrogen) atoms. The second-order valence-corrected chi connectivity index (χ2v) is 0. The molecule has 2 radical (unpaired) electrons. The molecule has 6 heteroatoms. The van der Waals surface area contributed by atoms with Crippen LogP contribution in [-0.2, 0) is 0 Å². The maximum absolute atomic E-state index is 0. The quantitative estimate of drug-likeness (QED) is 0.320. The maximum Gasteiger partial charge on any atom is 0 e. The molecule has 0 aromatic carbocycles. The summed E-state index contributed by atoms with van der Waals surface area (Å²) >= 11 is 0. The Labute approximate surface area is 45.4 Å². The molecule has 0 spiro atoms. The van der Waals surface area contributed by atoms with E-state index < -0.39 is 0 Å². The fourth-order valence-electron chi connectivity index (χ4n) is 0. The molecule has 0 atom stereocenters. The molecule has 0 aromatic heterocycles. The summed E-state index contributed by atoms with van der Waals surface area (Å²) in [6, 6.07) is 0. The van der Waals surface area contributed by atoms with Gasteiger partial charge in [-0.2, -0.15) is 0 Å². The largest absolute Gasteiger partial charge is 0.412 e. The number of hydrogen-bond acceptors (Lipinski definition) is 0. The first-order chi connectivity index (χ1) is 0. The van der Waals surface area contributed by atoms with Gasteiger partial charge in [-0.1, -0.05) is 0 Å². The molecule has 0 bridgehead atoms. The standard InChI is InChI=1S/5H2O.Se/h5*1H2;. The summed E-state index contributed by atoms with van der Waals surface area (Å²) < 4.78 is 0. The summed E-state index contributed by atoms with van der Waals surface area (Å²) in [6.45, 7) is 0. The Morgan fingerprint density at radius 1 is 0.333 bits per heavy atom. The topological polar surface area (TPSA) is 158 Å². The van der Waals surface area contributed by atoms with E-state index >= 15 is 0 Å². The van der Waals surface area contributed by atoms with Crippen molar-refractivity contribution >= 4 is 17.1 Å². The first-order valence-corrected chi connectivity index (χ1v) is 0. The van der Waals surface area contributed by atoms with Crippen LogP contribution in [0.2, 0.25) is 0 Å². The van der Waals surface area contributed by atoms with Gasteiger partial charge < -0.3 is 27.4 Å². The minimum Gasteiger partial charge on any atom is -0.412 e. The fourth-order valence-corrected chi connectivity index (χ4v) is 0. The van der Waals surface area contributed by atoms with Crippen LogP contribution < -0.4 is 0 Å². The molecule has 10 N–H and O–H groups in total. The van der Waals surface area contributed by atoms with E-state index in [1.165, 1.54) is 0 Å². The van der Waals surface area contributed by atoms with E-state index in [1.54, 1.807) is 0 Å². The van der Waals surface area contributed by atoms with E-state index in [4.69, 9.17) is 0 Å². The van der Waals surface area contributed by atoms with Gasteiger partial charge in [-0.25, -0.2) is 0 Å². The molecule has 0 aromatic rings. The van der Waals surface area contributed by atoms with Crippen LogP contribution in [0, 0.1) is 0 Å². The SMILES string of the molecule is O.O.O.O.O.[Se]. The van der Waals surface area contributed by atoms with Crippen LogP contribution in [0.3, 0.4) is 0 Å². The Morgan fingerprint density at radius 2 is 0.333 bits per heavy atom. The zero-order valence-corrected chi connectivity index (χ0v) is 4.62. The van der Waals surface area contributed by atoms with E-state index in [0.717, 1.165) is 0 Å². The van der Waals surface area contributed by atoms with E-state index in [2.05, 4.69) is 0 Å². The van der Waals surface area contributed by atoms with Gasteiger partial charge in [-0.15, -0.1) is 0 Å². The summed E-state index contributed by atoms with van der Waals surface area (Å²) in [5.41, 5.74) is 0. The molecule has 0 unspecified atom stereocenters. The summed E-state index contributed by atoms with van der Waals surface area (Å²) in [4.78, 5) is 0. The van der Waals surface area contributed by atoms with Gasteiger partial charge in [0.25, 0.3) is 0 Å². The Bertz CT molecular complexity index is 3.90. The molecule has 5 nitrogen and oxygen atoms in total. The molecule has 0 saturated carbocycles. The van der Waals surface area contributed by atoms with Crippen LogP contribution in [0.5, 0.6) is 0 Å². The van der Waals surface area contributed by atoms with Crippen LogP contribution in [0.25, 0.3) is 0 Å². The van der Waals surface area contributed by atoms with E-state index in [-0.39, 0.29) is 44.4 Å². The van der Waals surface area contributed by atoms with Crippen molar-refractivity contribution in [3.8, 4) is 0 Å². The monoisotopic (exact) mass is 170 g/mol. The number of hydrogen-bond donors (Lipinski definition) is 0. The average Bonchev–Trinajstić information content (AvgIpc) is 0. The maximum atomic E-state index is 0. The molecule has 0 rings (SSSR count). The molecule has 0 aliphatic rings. The zero-order chi connectivity index (χ0) is 0. The Morgan fingerprint density at radius 3 is 0.333 bits per heavy atom. The summed E-state index contributed by atoms with van der Waals surface area (Å²) in [5, 5.41) is 0. The average molecular weight is 169 g/mol. The molecular formula is H10O5Se. The van der Waals surface area contributed by atoms with Crippen molar-refractivity contribution in [1.82, 2.24) is 0 Å². The smallest absolute Gasteiger partial charge is 0 e. The molecular weight excluding hydrogens is 159 g/mol. The normalized spacial score (nSPS) is 0. The Kier molecular flexibility index (Phi) is 284000. The summed E-state index contributed by atoms with van der Waals surface area (Å²) in [5.74, 6) is 0. The van der Waals surface area contributed by atoms with Gasteiger partial charge in [0.15, 0.2) is 0 Å². The van der Waals surface area contributed by atoms with Crippen LogP contribution in [0.4, 0.5) is 0 Å². The van der Waals surface area contributed by atoms with Gasteiger partial charge in [-0.3, -0.25) is 0 Å². The van der Waals surface area contributed by atoms with Crippen molar-refractivity contribution in [1.29, 1.82) is 0 Å². The van der Waals surface area contributed by atoms with Gasteiger partial charge in [0.1, 0.15) is 0 Å². The summed E-state index contributed by atoms with van der Waals surface area (Å²) in [6.07, 6.45) is 0. The van der Waals surface area contributed by atoms with Crippen LogP contribution in [-0.4, -0.2) is 44.4 Å². The van der Waals surface area contributed by atoms with Gasteiger partial charge in [0.2, 0.25) is 0 Å². The zero-order valence-electron chi connectivity index (χ0n) is 2.91. The molecule has 0 saturated heterocycles. The van der Waals surface area contributed by atoms with Gasteiger partial charge >= 0.3 is 0 Å². The number of rotatable bonds is 0. The Balaban J connectivity index is 0. The predicted octanol–water partition coefficient (Wildman–Crippen LogP) is -4.50. The first kappa shape index (κ1) is 1750. The first-order valence-electron chi connectivity index (χ1n) is 0. The van der Waals surface area contributed by atoms with Gasteiger partial charge in [0, 0.05) is 17.1 Å². The van der Waals surface area contributed by atoms with Crippen LogP contribution in [0.1, 0.15) is 0 Å². The third-order valence-electron chi connectivity index (χ3n) is 0. The molecule has 0 heterocycles. The second-order valence-electron chi connectivity index (χ2n) is 0. The summed E-state index contributed by atoms with van der Waals surface area (Å²) in [7, 11) is 0. The minimum absolute atomic E-state index is 0. The van der Waals surface area contributed by atoms with Crippen LogP contribution >= 0.6 is 0 Å². The molecule has 0 aliphatic carbocycles. The third kappa shape index (κ3) is 466. The molecule has 0 aliphatic heterocycles. The fraction of sp³-hybridized carbons (Fsp3) is 0. The van der Waals surface area contributed by atoms with Crippen molar-refractivity contribution < 1.29 is 27.4 Å². The van der Waals surface area contributed by atoms with Gasteiger partial charge in [-0.05, 0) is 0 Å². The molecule has 0 amide bonds.